The van der Waals surface area contributed by atoms with Crippen LogP contribution in [0.3, 0.4) is 0 Å². The Kier molecular flexibility index (Phi) is 3.95. The number of hydrogen-bond donors (Lipinski definition) is 1. The highest BCUT2D eigenvalue weighted by molar-refractivity contribution is 6.30. The fourth-order valence-electron chi connectivity index (χ4n) is 2.53. The molecule has 6 nitrogen and oxygen atoms in total. The lowest BCUT2D eigenvalue weighted by atomic mass is 10.1. The molecule has 2 heterocycles. The zero-order valence-electron chi connectivity index (χ0n) is 13.2. The predicted octanol–water partition coefficient (Wildman–Crippen LogP) is 4.69. The van der Waals surface area contributed by atoms with Gasteiger partial charge in [-0.15, -0.1) is 0 Å². The average molecular weight is 353 g/mol. The highest BCUT2D eigenvalue weighted by Crippen LogP contribution is 2.33. The predicted molar refractivity (Wildman–Crippen MR) is 96.3 cm³/mol. The van der Waals surface area contributed by atoms with Gasteiger partial charge >= 0.3 is 0 Å². The van der Waals surface area contributed by atoms with Gasteiger partial charge < -0.3 is 14.6 Å². The Morgan fingerprint density at radius 2 is 1.92 bits per heavy atom. The molecule has 25 heavy (non-hydrogen) atoms. The third-order valence-corrected chi connectivity index (χ3v) is 3.96. The maximum Gasteiger partial charge on any atom is 0.263 e. The zero-order chi connectivity index (χ0) is 17.2. The number of rotatable bonds is 4. The molecule has 0 saturated heterocycles. The van der Waals surface area contributed by atoms with E-state index in [1.165, 1.54) is 6.33 Å². The quantitative estimate of drug-likeness (QED) is 0.574. The lowest BCUT2D eigenvalue weighted by Crippen LogP contribution is -1.96. The van der Waals surface area contributed by atoms with Crippen LogP contribution in [0.25, 0.3) is 22.4 Å². The number of aromatic nitrogens is 3. The van der Waals surface area contributed by atoms with E-state index in [2.05, 4.69) is 20.4 Å². The van der Waals surface area contributed by atoms with Crippen LogP contribution in [0, 0.1) is 0 Å². The molecule has 4 aromatic rings. The van der Waals surface area contributed by atoms with E-state index in [0.717, 1.165) is 17.0 Å². The number of halogens is 1. The molecule has 2 aromatic carbocycles. The molecule has 0 fully saturated rings. The van der Waals surface area contributed by atoms with Gasteiger partial charge in [0.1, 0.15) is 29.0 Å². The molecule has 0 bridgehead atoms. The zero-order valence-corrected chi connectivity index (χ0v) is 14.0. The summed E-state index contributed by atoms with van der Waals surface area (Å²) in [5, 5.41) is 8.73. The average Bonchev–Trinajstić information content (AvgIpc) is 3.08. The maximum absolute atomic E-state index is 6.09. The van der Waals surface area contributed by atoms with Gasteiger partial charge in [-0.2, -0.15) is 4.98 Å². The van der Waals surface area contributed by atoms with E-state index in [1.54, 1.807) is 13.2 Å². The van der Waals surface area contributed by atoms with Crippen molar-refractivity contribution in [2.75, 3.05) is 12.4 Å². The van der Waals surface area contributed by atoms with Gasteiger partial charge in [-0.05, 0) is 36.4 Å². The number of methoxy groups -OCH3 is 1. The van der Waals surface area contributed by atoms with Crippen LogP contribution in [0.5, 0.6) is 5.75 Å². The first-order chi connectivity index (χ1) is 12.2. The molecule has 124 valence electrons. The lowest BCUT2D eigenvalue weighted by Gasteiger charge is -2.07. The first-order valence-corrected chi connectivity index (χ1v) is 7.90. The van der Waals surface area contributed by atoms with Crippen molar-refractivity contribution in [3.8, 4) is 17.0 Å². The van der Waals surface area contributed by atoms with Crippen LogP contribution < -0.4 is 10.1 Å². The Hall–Kier alpha value is -3.12. The summed E-state index contributed by atoms with van der Waals surface area (Å²) in [5.41, 5.74) is 2.73. The molecule has 7 heteroatoms. The smallest absolute Gasteiger partial charge is 0.263 e. The van der Waals surface area contributed by atoms with Gasteiger partial charge in [0.2, 0.25) is 0 Å². The molecule has 0 amide bonds. The third kappa shape index (κ3) is 2.99. The van der Waals surface area contributed by atoms with E-state index in [0.29, 0.717) is 27.6 Å². The molecule has 0 spiro atoms. The van der Waals surface area contributed by atoms with Crippen molar-refractivity contribution in [2.45, 2.75) is 0 Å². The van der Waals surface area contributed by atoms with Crippen LogP contribution in [-0.2, 0) is 0 Å². The van der Waals surface area contributed by atoms with Gasteiger partial charge in [0.25, 0.3) is 5.71 Å². The first kappa shape index (κ1) is 15.4. The standard InChI is InChI=1S/C18H13ClN4O2/c1-24-14-7-5-13(6-8-14)22-17-15-16(11-3-2-4-12(19)9-11)23-25-18(15)21-10-20-17/h2-10H,1H3,(H,20,21,22). The molecule has 1 N–H and O–H groups in total. The van der Waals surface area contributed by atoms with Crippen molar-refractivity contribution in [3.63, 3.8) is 0 Å². The van der Waals surface area contributed by atoms with Crippen LogP contribution in [0.15, 0.2) is 59.4 Å². The van der Waals surface area contributed by atoms with Crippen LogP contribution in [0.1, 0.15) is 0 Å². The number of nitrogens with zero attached hydrogens (tertiary/aromatic N) is 3. The highest BCUT2D eigenvalue weighted by Gasteiger charge is 2.17. The summed E-state index contributed by atoms with van der Waals surface area (Å²) in [6.07, 6.45) is 1.43. The summed E-state index contributed by atoms with van der Waals surface area (Å²) in [5.74, 6) is 1.38. The van der Waals surface area contributed by atoms with E-state index < -0.39 is 0 Å². The van der Waals surface area contributed by atoms with Crippen molar-refractivity contribution < 1.29 is 9.26 Å². The number of nitrogens with one attached hydrogen (secondary N) is 1. The summed E-state index contributed by atoms with van der Waals surface area (Å²) in [7, 11) is 1.63. The van der Waals surface area contributed by atoms with Gasteiger partial charge in [-0.1, -0.05) is 28.9 Å². The first-order valence-electron chi connectivity index (χ1n) is 7.52. The summed E-state index contributed by atoms with van der Waals surface area (Å²) in [6, 6.07) is 14.9. The minimum atomic E-state index is 0.404. The van der Waals surface area contributed by atoms with Crippen LogP contribution in [0.4, 0.5) is 11.5 Å². The monoisotopic (exact) mass is 352 g/mol. The second-order valence-corrected chi connectivity index (χ2v) is 5.73. The highest BCUT2D eigenvalue weighted by atomic mass is 35.5. The van der Waals surface area contributed by atoms with Gasteiger partial charge in [0.05, 0.1) is 7.11 Å². The maximum atomic E-state index is 6.09. The van der Waals surface area contributed by atoms with Crippen LogP contribution in [0.2, 0.25) is 5.02 Å². The topological polar surface area (TPSA) is 73.1 Å². The molecule has 2 aromatic heterocycles. The van der Waals surface area contributed by atoms with E-state index in [4.69, 9.17) is 20.9 Å². The molecule has 0 aliphatic rings. The molecule has 0 radical (unpaired) electrons. The number of benzene rings is 2. The Bertz CT molecular complexity index is 1030. The SMILES string of the molecule is COc1ccc(Nc2ncnc3onc(-c4cccc(Cl)c4)c23)cc1. The molecule has 0 unspecified atom stereocenters. The van der Waals surface area contributed by atoms with E-state index >= 15 is 0 Å². The van der Waals surface area contributed by atoms with Crippen molar-refractivity contribution in [1.82, 2.24) is 15.1 Å². The summed E-state index contributed by atoms with van der Waals surface area (Å²) >= 11 is 6.09. The van der Waals surface area contributed by atoms with Gasteiger partial charge in [-0.25, -0.2) is 4.98 Å². The summed E-state index contributed by atoms with van der Waals surface area (Å²) < 4.78 is 10.5. The minimum absolute atomic E-state index is 0.404. The number of fused-ring (bicyclic) bond motifs is 1. The number of anilines is 2. The van der Waals surface area contributed by atoms with E-state index in [9.17, 15) is 0 Å². The van der Waals surface area contributed by atoms with Crippen molar-refractivity contribution >= 4 is 34.2 Å². The molecule has 0 aliphatic heterocycles. The Labute approximate surface area is 148 Å². The molecule has 0 saturated carbocycles. The van der Waals surface area contributed by atoms with Crippen molar-refractivity contribution in [2.24, 2.45) is 0 Å². The van der Waals surface area contributed by atoms with Crippen LogP contribution in [-0.4, -0.2) is 22.2 Å². The normalized spacial score (nSPS) is 10.8. The second kappa shape index (κ2) is 6.41. The third-order valence-electron chi connectivity index (χ3n) is 3.72. The summed E-state index contributed by atoms with van der Waals surface area (Å²) in [6.45, 7) is 0. The molecule has 4 rings (SSSR count). The van der Waals surface area contributed by atoms with E-state index in [1.807, 2.05) is 42.5 Å². The molecular weight excluding hydrogens is 340 g/mol. The number of ether oxygens (including phenoxy) is 1. The minimum Gasteiger partial charge on any atom is -0.497 e. The van der Waals surface area contributed by atoms with E-state index in [-0.39, 0.29) is 0 Å². The van der Waals surface area contributed by atoms with Gasteiger partial charge in [0, 0.05) is 16.3 Å². The van der Waals surface area contributed by atoms with Gasteiger partial charge in [-0.3, -0.25) is 0 Å². The van der Waals surface area contributed by atoms with Crippen molar-refractivity contribution in [1.29, 1.82) is 0 Å². The molecule has 0 atom stereocenters. The Balaban J connectivity index is 1.79. The summed E-state index contributed by atoms with van der Waals surface area (Å²) in [4.78, 5) is 8.49. The fourth-order valence-corrected chi connectivity index (χ4v) is 2.72. The second-order valence-electron chi connectivity index (χ2n) is 5.30. The van der Waals surface area contributed by atoms with Crippen LogP contribution >= 0.6 is 11.6 Å². The van der Waals surface area contributed by atoms with Gasteiger partial charge in [0.15, 0.2) is 0 Å². The Morgan fingerprint density at radius 3 is 2.68 bits per heavy atom. The largest absolute Gasteiger partial charge is 0.497 e. The number of hydrogen-bond acceptors (Lipinski definition) is 6. The lowest BCUT2D eigenvalue weighted by molar-refractivity contribution is 0.415. The Morgan fingerprint density at radius 1 is 1.08 bits per heavy atom. The van der Waals surface area contributed by atoms with Crippen molar-refractivity contribution in [3.05, 3.63) is 59.9 Å². The molecule has 0 aliphatic carbocycles. The molecular formula is C18H13ClN4O2. The fraction of sp³-hybridized carbons (Fsp3) is 0.0556.